The molecule has 1 saturated heterocycles. The molecular formula is C20H17F2N3. The van der Waals surface area contributed by atoms with Gasteiger partial charge in [-0.3, -0.25) is 0 Å². The van der Waals surface area contributed by atoms with Crippen LogP contribution in [0, 0.1) is 23.0 Å². The molecule has 0 atom stereocenters. The van der Waals surface area contributed by atoms with E-state index >= 15 is 0 Å². The fraction of sp³-hybridized carbons (Fsp3) is 0.250. The number of halogens is 2. The number of nitrogens with one attached hydrogen (secondary N) is 1. The van der Waals surface area contributed by atoms with Crippen LogP contribution in [-0.2, 0) is 0 Å². The second kappa shape index (κ2) is 6.21. The summed E-state index contributed by atoms with van der Waals surface area (Å²) in [5, 5.41) is 9.99. The highest BCUT2D eigenvalue weighted by Gasteiger charge is 2.26. The Morgan fingerprint density at radius 1 is 1.04 bits per heavy atom. The lowest BCUT2D eigenvalue weighted by molar-refractivity contribution is 0.481. The Balaban J connectivity index is 1.53. The van der Waals surface area contributed by atoms with Crippen molar-refractivity contribution in [1.29, 1.82) is 5.26 Å². The van der Waals surface area contributed by atoms with Crippen molar-refractivity contribution in [3.8, 4) is 6.07 Å². The molecule has 0 saturated carbocycles. The smallest absolute Gasteiger partial charge is 0.150 e. The lowest BCUT2D eigenvalue weighted by Crippen LogP contribution is -2.34. The molecule has 0 amide bonds. The highest BCUT2D eigenvalue weighted by molar-refractivity contribution is 5.80. The van der Waals surface area contributed by atoms with Gasteiger partial charge in [-0.2, -0.15) is 5.26 Å². The van der Waals surface area contributed by atoms with Crippen molar-refractivity contribution in [1.82, 2.24) is 4.98 Å². The molecular weight excluding hydrogens is 320 g/mol. The second-order valence-electron chi connectivity index (χ2n) is 6.47. The van der Waals surface area contributed by atoms with Gasteiger partial charge in [0, 0.05) is 30.2 Å². The standard InChI is InChI=1S/C20H17F2N3/c21-16-9-13(12-23)10-17(22)20(16)25-7-5-14(6-8-25)19-11-15-3-1-2-4-18(15)24-19/h1-4,9-11,14,24H,5-8H2. The lowest BCUT2D eigenvalue weighted by atomic mass is 9.93. The number of piperidine rings is 1. The quantitative estimate of drug-likeness (QED) is 0.736. The molecule has 3 aromatic rings. The normalized spacial score (nSPS) is 15.5. The highest BCUT2D eigenvalue weighted by atomic mass is 19.1. The molecule has 4 rings (SSSR count). The van der Waals surface area contributed by atoms with Crippen LogP contribution in [0.3, 0.4) is 0 Å². The van der Waals surface area contributed by atoms with Crippen LogP contribution in [-0.4, -0.2) is 18.1 Å². The molecule has 3 nitrogen and oxygen atoms in total. The van der Waals surface area contributed by atoms with E-state index in [2.05, 4.69) is 23.2 Å². The summed E-state index contributed by atoms with van der Waals surface area (Å²) in [5.74, 6) is -0.977. The van der Waals surface area contributed by atoms with Crippen molar-refractivity contribution < 1.29 is 8.78 Å². The molecule has 0 unspecified atom stereocenters. The largest absolute Gasteiger partial charge is 0.367 e. The zero-order valence-corrected chi connectivity index (χ0v) is 13.6. The molecule has 0 spiro atoms. The van der Waals surface area contributed by atoms with E-state index in [1.165, 1.54) is 11.1 Å². The monoisotopic (exact) mass is 337 g/mol. The third kappa shape index (κ3) is 2.85. The van der Waals surface area contributed by atoms with Crippen molar-refractivity contribution in [2.75, 3.05) is 18.0 Å². The van der Waals surface area contributed by atoms with Crippen molar-refractivity contribution >= 4 is 16.6 Å². The first-order chi connectivity index (χ1) is 12.2. The fourth-order valence-electron chi connectivity index (χ4n) is 3.66. The molecule has 126 valence electrons. The molecule has 1 fully saturated rings. The third-order valence-electron chi connectivity index (χ3n) is 4.95. The first-order valence-electron chi connectivity index (χ1n) is 8.37. The average Bonchev–Trinajstić information content (AvgIpc) is 3.05. The van der Waals surface area contributed by atoms with Crippen LogP contribution in [0.4, 0.5) is 14.5 Å². The first-order valence-corrected chi connectivity index (χ1v) is 8.37. The molecule has 1 N–H and O–H groups in total. The molecule has 2 aromatic carbocycles. The van der Waals surface area contributed by atoms with Crippen LogP contribution < -0.4 is 4.90 Å². The number of fused-ring (bicyclic) bond motifs is 1. The van der Waals surface area contributed by atoms with Crippen LogP contribution >= 0.6 is 0 Å². The van der Waals surface area contributed by atoms with Gasteiger partial charge >= 0.3 is 0 Å². The van der Waals surface area contributed by atoms with Crippen LogP contribution in [0.1, 0.15) is 30.0 Å². The minimum absolute atomic E-state index is 0.00621. The minimum Gasteiger partial charge on any atom is -0.367 e. The number of H-pyrrole nitrogens is 1. The Morgan fingerprint density at radius 2 is 1.72 bits per heavy atom. The molecule has 0 aliphatic carbocycles. The van der Waals surface area contributed by atoms with E-state index < -0.39 is 11.6 Å². The zero-order chi connectivity index (χ0) is 17.4. The van der Waals surface area contributed by atoms with Gasteiger partial charge in [0.05, 0.1) is 11.6 Å². The number of rotatable bonds is 2. The molecule has 5 heteroatoms. The summed E-state index contributed by atoms with van der Waals surface area (Å²) in [6, 6.07) is 14.3. The molecule has 0 bridgehead atoms. The molecule has 1 aliphatic rings. The Kier molecular flexibility index (Phi) is 3.89. The average molecular weight is 337 g/mol. The summed E-state index contributed by atoms with van der Waals surface area (Å²) >= 11 is 0. The van der Waals surface area contributed by atoms with Crippen LogP contribution in [0.15, 0.2) is 42.5 Å². The summed E-state index contributed by atoms with van der Waals surface area (Å²) in [4.78, 5) is 5.20. The van der Waals surface area contributed by atoms with E-state index in [1.54, 1.807) is 11.0 Å². The first kappa shape index (κ1) is 15.6. The van der Waals surface area contributed by atoms with Gasteiger partial charge in [0.25, 0.3) is 0 Å². The predicted octanol–water partition coefficient (Wildman–Crippen LogP) is 4.70. The van der Waals surface area contributed by atoms with Crippen LogP contribution in [0.2, 0.25) is 0 Å². The van der Waals surface area contributed by atoms with Gasteiger partial charge in [-0.05, 0) is 42.5 Å². The van der Waals surface area contributed by atoms with Gasteiger partial charge in [0.1, 0.15) is 5.69 Å². The van der Waals surface area contributed by atoms with E-state index in [9.17, 15) is 8.78 Å². The van der Waals surface area contributed by atoms with Crippen molar-refractivity contribution in [3.05, 3.63) is 65.4 Å². The molecule has 1 aliphatic heterocycles. The van der Waals surface area contributed by atoms with E-state index in [0.29, 0.717) is 19.0 Å². The number of benzene rings is 2. The number of para-hydroxylation sites is 1. The Bertz CT molecular complexity index is 906. The maximum Gasteiger partial charge on any atom is 0.150 e. The van der Waals surface area contributed by atoms with Gasteiger partial charge in [0.2, 0.25) is 0 Å². The Morgan fingerprint density at radius 3 is 2.36 bits per heavy atom. The van der Waals surface area contributed by atoms with Crippen molar-refractivity contribution in [3.63, 3.8) is 0 Å². The number of aromatic amines is 1. The van der Waals surface area contributed by atoms with Gasteiger partial charge in [-0.25, -0.2) is 8.78 Å². The van der Waals surface area contributed by atoms with Gasteiger partial charge < -0.3 is 9.88 Å². The maximum atomic E-state index is 14.2. The fourth-order valence-corrected chi connectivity index (χ4v) is 3.66. The molecule has 1 aromatic heterocycles. The molecule has 0 radical (unpaired) electrons. The van der Waals surface area contributed by atoms with Crippen LogP contribution in [0.5, 0.6) is 0 Å². The van der Waals surface area contributed by atoms with E-state index in [-0.39, 0.29) is 11.3 Å². The van der Waals surface area contributed by atoms with E-state index in [1.807, 2.05) is 12.1 Å². The third-order valence-corrected chi connectivity index (χ3v) is 4.95. The number of aromatic nitrogens is 1. The Labute approximate surface area is 144 Å². The summed E-state index contributed by atoms with van der Waals surface area (Å²) in [6.07, 6.45) is 1.65. The Hall–Kier alpha value is -2.87. The lowest BCUT2D eigenvalue weighted by Gasteiger charge is -2.33. The van der Waals surface area contributed by atoms with Gasteiger partial charge in [-0.1, -0.05) is 18.2 Å². The SMILES string of the molecule is N#Cc1cc(F)c(N2CCC(c3cc4ccccc4[nH]3)CC2)c(F)c1. The van der Waals surface area contributed by atoms with Gasteiger partial charge in [-0.15, -0.1) is 0 Å². The van der Waals surface area contributed by atoms with Gasteiger partial charge in [0.15, 0.2) is 11.6 Å². The van der Waals surface area contributed by atoms with E-state index in [0.717, 1.165) is 30.5 Å². The predicted molar refractivity (Wildman–Crippen MR) is 93.6 cm³/mol. The number of anilines is 1. The second-order valence-corrected chi connectivity index (χ2v) is 6.47. The van der Waals surface area contributed by atoms with Crippen molar-refractivity contribution in [2.45, 2.75) is 18.8 Å². The van der Waals surface area contributed by atoms with Crippen molar-refractivity contribution in [2.24, 2.45) is 0 Å². The summed E-state index contributed by atoms with van der Waals surface area (Å²) in [5.41, 5.74) is 2.28. The zero-order valence-electron chi connectivity index (χ0n) is 13.6. The number of hydrogen-bond acceptors (Lipinski definition) is 2. The number of nitrogens with zero attached hydrogens (tertiary/aromatic N) is 2. The maximum absolute atomic E-state index is 14.2. The molecule has 2 heterocycles. The summed E-state index contributed by atoms with van der Waals surface area (Å²) in [7, 11) is 0. The number of hydrogen-bond donors (Lipinski definition) is 1. The number of nitriles is 1. The topological polar surface area (TPSA) is 42.8 Å². The highest BCUT2D eigenvalue weighted by Crippen LogP contribution is 2.34. The summed E-state index contributed by atoms with van der Waals surface area (Å²) in [6.45, 7) is 1.17. The van der Waals surface area contributed by atoms with E-state index in [4.69, 9.17) is 5.26 Å². The molecule has 25 heavy (non-hydrogen) atoms. The summed E-state index contributed by atoms with van der Waals surface area (Å²) < 4.78 is 28.4. The minimum atomic E-state index is -0.666. The van der Waals surface area contributed by atoms with Crippen LogP contribution in [0.25, 0.3) is 10.9 Å².